The number of halogens is 1. The van der Waals surface area contributed by atoms with Crippen molar-refractivity contribution in [1.29, 1.82) is 0 Å². The van der Waals surface area contributed by atoms with E-state index in [1.165, 1.54) is 0 Å². The fourth-order valence-corrected chi connectivity index (χ4v) is 3.60. The Kier molecular flexibility index (Phi) is 4.96. The number of carbonyl (C=O) groups is 1. The zero-order chi connectivity index (χ0) is 13.8. The van der Waals surface area contributed by atoms with Crippen molar-refractivity contribution in [2.45, 2.75) is 4.83 Å². The summed E-state index contributed by atoms with van der Waals surface area (Å²) in [5.74, 6) is 0.0537. The van der Waals surface area contributed by atoms with Crippen LogP contribution in [0.2, 0.25) is 0 Å². The van der Waals surface area contributed by atoms with Crippen molar-refractivity contribution in [3.8, 4) is 0 Å². The quantitative estimate of drug-likeness (QED) is 0.780. The van der Waals surface area contributed by atoms with E-state index in [4.69, 9.17) is 4.74 Å². The molecule has 0 aliphatic carbocycles. The number of rotatable bonds is 5. The molecule has 1 atom stereocenters. The normalized spacial score (nSPS) is 12.6. The van der Waals surface area contributed by atoms with Gasteiger partial charge in [-0.25, -0.2) is 0 Å². The molecule has 1 aromatic carbocycles. The second kappa shape index (κ2) is 6.50. The molecular formula is C14H16BrNO2S. The van der Waals surface area contributed by atoms with E-state index in [-0.39, 0.29) is 10.7 Å². The molecule has 0 spiro atoms. The van der Waals surface area contributed by atoms with Crippen LogP contribution in [0, 0.1) is 0 Å². The van der Waals surface area contributed by atoms with Gasteiger partial charge in [0.2, 0.25) is 0 Å². The lowest BCUT2D eigenvalue weighted by Gasteiger charge is -2.20. The van der Waals surface area contributed by atoms with E-state index < -0.39 is 0 Å². The van der Waals surface area contributed by atoms with E-state index in [1.807, 2.05) is 36.7 Å². The summed E-state index contributed by atoms with van der Waals surface area (Å²) < 4.78 is 6.21. The molecule has 1 heterocycles. The molecule has 2 rings (SSSR count). The Morgan fingerprint density at radius 2 is 2.21 bits per heavy atom. The fraction of sp³-hybridized carbons (Fsp3) is 0.357. The number of hydrogen-bond acceptors (Lipinski definition) is 3. The summed E-state index contributed by atoms with van der Waals surface area (Å²) in [7, 11) is 3.47. The lowest BCUT2D eigenvalue weighted by Crippen LogP contribution is -2.33. The monoisotopic (exact) mass is 341 g/mol. The van der Waals surface area contributed by atoms with Gasteiger partial charge in [0.25, 0.3) is 5.91 Å². The van der Waals surface area contributed by atoms with Gasteiger partial charge in [-0.15, -0.1) is 11.3 Å². The Morgan fingerprint density at radius 3 is 2.95 bits per heavy atom. The van der Waals surface area contributed by atoms with Crippen molar-refractivity contribution in [2.24, 2.45) is 0 Å². The Labute approximate surface area is 125 Å². The Hall–Kier alpha value is -0.910. The maximum Gasteiger partial charge on any atom is 0.255 e. The SMILES string of the molecule is COCC(Br)CN(C)C(=O)c1csc2ccccc12. The van der Waals surface area contributed by atoms with E-state index in [0.29, 0.717) is 13.2 Å². The number of thiophene rings is 1. The summed E-state index contributed by atoms with van der Waals surface area (Å²) in [5, 5.41) is 2.96. The number of carbonyl (C=O) groups excluding carboxylic acids is 1. The van der Waals surface area contributed by atoms with Crippen LogP contribution in [-0.2, 0) is 4.74 Å². The summed E-state index contributed by atoms with van der Waals surface area (Å²) in [6.07, 6.45) is 0. The first-order valence-electron chi connectivity index (χ1n) is 5.98. The zero-order valence-electron chi connectivity index (χ0n) is 10.9. The van der Waals surface area contributed by atoms with E-state index in [0.717, 1.165) is 15.6 Å². The smallest absolute Gasteiger partial charge is 0.255 e. The van der Waals surface area contributed by atoms with Crippen LogP contribution >= 0.6 is 27.3 Å². The van der Waals surface area contributed by atoms with E-state index in [9.17, 15) is 4.79 Å². The number of amides is 1. The molecule has 1 unspecified atom stereocenters. The third kappa shape index (κ3) is 3.35. The number of hydrogen-bond donors (Lipinski definition) is 0. The van der Waals surface area contributed by atoms with Gasteiger partial charge in [-0.3, -0.25) is 4.79 Å². The minimum Gasteiger partial charge on any atom is -0.383 e. The van der Waals surface area contributed by atoms with Crippen LogP contribution in [0.1, 0.15) is 10.4 Å². The van der Waals surface area contributed by atoms with Crippen LogP contribution in [0.3, 0.4) is 0 Å². The van der Waals surface area contributed by atoms with Crippen LogP contribution in [0.4, 0.5) is 0 Å². The number of benzene rings is 1. The van der Waals surface area contributed by atoms with Gasteiger partial charge in [0.1, 0.15) is 0 Å². The van der Waals surface area contributed by atoms with E-state index in [1.54, 1.807) is 23.3 Å². The van der Waals surface area contributed by atoms with Crippen LogP contribution in [-0.4, -0.2) is 42.9 Å². The van der Waals surface area contributed by atoms with Gasteiger partial charge in [0, 0.05) is 36.2 Å². The predicted molar refractivity (Wildman–Crippen MR) is 83.4 cm³/mol. The highest BCUT2D eigenvalue weighted by atomic mass is 79.9. The zero-order valence-corrected chi connectivity index (χ0v) is 13.3. The first-order chi connectivity index (χ1) is 9.13. The lowest BCUT2D eigenvalue weighted by molar-refractivity contribution is 0.0786. The minimum absolute atomic E-state index is 0.0537. The molecule has 3 nitrogen and oxygen atoms in total. The van der Waals surface area contributed by atoms with Crippen LogP contribution in [0.5, 0.6) is 0 Å². The highest BCUT2D eigenvalue weighted by Crippen LogP contribution is 2.26. The highest BCUT2D eigenvalue weighted by Gasteiger charge is 2.18. The summed E-state index contributed by atoms with van der Waals surface area (Å²) in [5.41, 5.74) is 0.778. The van der Waals surface area contributed by atoms with Gasteiger partial charge in [-0.05, 0) is 6.07 Å². The van der Waals surface area contributed by atoms with Crippen molar-refractivity contribution in [1.82, 2.24) is 4.90 Å². The van der Waals surface area contributed by atoms with Crippen molar-refractivity contribution >= 4 is 43.3 Å². The molecular weight excluding hydrogens is 326 g/mol. The van der Waals surface area contributed by atoms with Gasteiger partial charge in [-0.2, -0.15) is 0 Å². The standard InChI is InChI=1S/C14H16BrNO2S/c1-16(7-10(15)8-18-2)14(17)12-9-19-13-6-4-3-5-11(12)13/h3-6,9-10H,7-8H2,1-2H3. The molecule has 1 amide bonds. The number of alkyl halides is 1. The Balaban J connectivity index is 2.15. The van der Waals surface area contributed by atoms with Crippen LogP contribution < -0.4 is 0 Å². The van der Waals surface area contributed by atoms with Gasteiger partial charge in [0.05, 0.1) is 17.0 Å². The third-order valence-electron chi connectivity index (χ3n) is 2.88. The largest absolute Gasteiger partial charge is 0.383 e. The molecule has 0 N–H and O–H groups in total. The summed E-state index contributed by atoms with van der Waals surface area (Å²) in [4.78, 5) is 14.3. The summed E-state index contributed by atoms with van der Waals surface area (Å²) in [6, 6.07) is 7.98. The summed E-state index contributed by atoms with van der Waals surface area (Å²) in [6.45, 7) is 1.21. The molecule has 0 saturated carbocycles. The number of nitrogens with zero attached hydrogens (tertiary/aromatic N) is 1. The molecule has 0 bridgehead atoms. The number of fused-ring (bicyclic) bond motifs is 1. The molecule has 19 heavy (non-hydrogen) atoms. The van der Waals surface area contributed by atoms with Crippen molar-refractivity contribution in [2.75, 3.05) is 27.3 Å². The number of ether oxygens (including phenoxy) is 1. The topological polar surface area (TPSA) is 29.5 Å². The van der Waals surface area contributed by atoms with Gasteiger partial charge < -0.3 is 9.64 Å². The highest BCUT2D eigenvalue weighted by molar-refractivity contribution is 9.09. The molecule has 2 aromatic rings. The van der Waals surface area contributed by atoms with Crippen molar-refractivity contribution < 1.29 is 9.53 Å². The molecule has 0 radical (unpaired) electrons. The number of methoxy groups -OCH3 is 1. The fourth-order valence-electron chi connectivity index (χ4n) is 1.96. The average Bonchev–Trinajstić information content (AvgIpc) is 2.81. The molecule has 0 saturated heterocycles. The average molecular weight is 342 g/mol. The van der Waals surface area contributed by atoms with Gasteiger partial charge in [-0.1, -0.05) is 34.1 Å². The second-order valence-electron chi connectivity index (χ2n) is 4.38. The van der Waals surface area contributed by atoms with Crippen molar-refractivity contribution in [3.63, 3.8) is 0 Å². The molecule has 5 heteroatoms. The van der Waals surface area contributed by atoms with Gasteiger partial charge >= 0.3 is 0 Å². The van der Waals surface area contributed by atoms with Crippen LogP contribution in [0.15, 0.2) is 29.6 Å². The van der Waals surface area contributed by atoms with Crippen LogP contribution in [0.25, 0.3) is 10.1 Å². The van der Waals surface area contributed by atoms with Crippen molar-refractivity contribution in [3.05, 3.63) is 35.2 Å². The van der Waals surface area contributed by atoms with E-state index >= 15 is 0 Å². The predicted octanol–water partition coefficient (Wildman–Crippen LogP) is 3.38. The molecule has 1 aromatic heterocycles. The second-order valence-corrected chi connectivity index (χ2v) is 6.59. The molecule has 102 valence electrons. The first kappa shape index (κ1) is 14.5. The Bertz CT molecular complexity index is 569. The van der Waals surface area contributed by atoms with E-state index in [2.05, 4.69) is 15.9 Å². The van der Waals surface area contributed by atoms with Gasteiger partial charge in [0.15, 0.2) is 0 Å². The lowest BCUT2D eigenvalue weighted by atomic mass is 10.1. The third-order valence-corrected chi connectivity index (χ3v) is 4.39. The maximum atomic E-state index is 12.4. The molecule has 0 fully saturated rings. The Morgan fingerprint density at radius 1 is 1.47 bits per heavy atom. The summed E-state index contributed by atoms with van der Waals surface area (Å²) >= 11 is 5.11. The maximum absolute atomic E-state index is 12.4. The molecule has 0 aliphatic rings. The first-order valence-corrected chi connectivity index (χ1v) is 7.77. The molecule has 0 aliphatic heterocycles. The minimum atomic E-state index is 0.0537.